The third-order valence-corrected chi connectivity index (χ3v) is 2.08. The van der Waals surface area contributed by atoms with E-state index in [-0.39, 0.29) is 62.0 Å². The van der Waals surface area contributed by atoms with Crippen molar-refractivity contribution in [2.75, 3.05) is 0 Å². The summed E-state index contributed by atoms with van der Waals surface area (Å²) in [6.45, 7) is 0.463. The van der Waals surface area contributed by atoms with E-state index < -0.39 is 21.0 Å². The number of rotatable bonds is 2. The smallest absolute Gasteiger partial charge is 1.00 e. The van der Waals surface area contributed by atoms with E-state index in [9.17, 15) is 13.2 Å². The number of carbonyl (C=O) groups is 1. The van der Waals surface area contributed by atoms with Crippen molar-refractivity contribution in [3.05, 3.63) is 0 Å². The predicted octanol–water partition coefficient (Wildman–Crippen LogP) is -7.10. The molecule has 0 saturated heterocycles. The van der Waals surface area contributed by atoms with Crippen molar-refractivity contribution in [1.82, 2.24) is 0 Å². The molecule has 0 amide bonds. The third kappa shape index (κ3) is 4.54. The molecule has 0 heterocycles. The second-order valence-electron chi connectivity index (χ2n) is 1.76. The molecule has 0 aliphatic heterocycles. The van der Waals surface area contributed by atoms with Gasteiger partial charge in [-0.15, -0.1) is 0 Å². The standard InChI is InChI=1S/C3H6O6S.2Na.2H/c1-3(6,2(4)5)10(7,8)9;;;;/h6H,1H3,(H,4,5)(H,7,8,9);;;;/q;2*+1;2*-1. The molecule has 0 aromatic rings. The van der Waals surface area contributed by atoms with E-state index in [4.69, 9.17) is 14.8 Å². The molecule has 0 aromatic carbocycles. The van der Waals surface area contributed by atoms with Crippen molar-refractivity contribution in [2.24, 2.45) is 0 Å². The van der Waals surface area contributed by atoms with Crippen molar-refractivity contribution >= 4 is 16.1 Å². The maximum atomic E-state index is 10.0. The van der Waals surface area contributed by atoms with Gasteiger partial charge < -0.3 is 13.1 Å². The number of carboxylic acids is 1. The molecule has 0 bridgehead atoms. The molecule has 9 heteroatoms. The Morgan fingerprint density at radius 1 is 1.42 bits per heavy atom. The largest absolute Gasteiger partial charge is 1.00 e. The summed E-state index contributed by atoms with van der Waals surface area (Å²) in [5.41, 5.74) is 0. The zero-order valence-corrected chi connectivity index (χ0v) is 11.8. The number of aliphatic carboxylic acids is 1. The first-order chi connectivity index (χ1) is 4.19. The van der Waals surface area contributed by atoms with Gasteiger partial charge in [0.25, 0.3) is 4.93 Å². The Labute approximate surface area is 117 Å². The molecular formula is C3H8Na2O6S. The second kappa shape index (κ2) is 5.94. The van der Waals surface area contributed by atoms with Gasteiger partial charge in [-0.2, -0.15) is 8.42 Å². The summed E-state index contributed by atoms with van der Waals surface area (Å²) in [6, 6.07) is 0. The van der Waals surface area contributed by atoms with E-state index in [0.29, 0.717) is 6.92 Å². The minimum atomic E-state index is -4.95. The molecule has 1 atom stereocenters. The third-order valence-electron chi connectivity index (χ3n) is 0.899. The van der Waals surface area contributed by atoms with Crippen molar-refractivity contribution in [2.45, 2.75) is 11.9 Å². The van der Waals surface area contributed by atoms with Crippen molar-refractivity contribution in [3.63, 3.8) is 0 Å². The number of carboxylic acid groups (broad SMARTS) is 1. The summed E-state index contributed by atoms with van der Waals surface area (Å²) in [5.74, 6) is -2.02. The summed E-state index contributed by atoms with van der Waals surface area (Å²) in [5, 5.41) is 16.5. The fraction of sp³-hybridized carbons (Fsp3) is 0.667. The predicted molar refractivity (Wildman–Crippen MR) is 32.0 cm³/mol. The molecule has 12 heavy (non-hydrogen) atoms. The number of hydrogen-bond donors (Lipinski definition) is 3. The van der Waals surface area contributed by atoms with Crippen LogP contribution in [0.4, 0.5) is 0 Å². The molecule has 6 nitrogen and oxygen atoms in total. The second-order valence-corrected chi connectivity index (χ2v) is 3.51. The van der Waals surface area contributed by atoms with Crippen LogP contribution < -0.4 is 59.1 Å². The number of hydrogen-bond acceptors (Lipinski definition) is 4. The molecule has 64 valence electrons. The topological polar surface area (TPSA) is 112 Å². The van der Waals surface area contributed by atoms with Gasteiger partial charge >= 0.3 is 75.2 Å². The average molecular weight is 218 g/mol. The Morgan fingerprint density at radius 3 is 1.67 bits per heavy atom. The average Bonchev–Trinajstić information content (AvgIpc) is 1.62. The maximum absolute atomic E-state index is 10.0. The molecule has 3 N–H and O–H groups in total. The quantitative estimate of drug-likeness (QED) is 0.313. The molecule has 0 aliphatic carbocycles. The van der Waals surface area contributed by atoms with Gasteiger partial charge in [-0.05, 0) is 6.92 Å². The fourth-order valence-corrected chi connectivity index (χ4v) is 0.331. The molecular weight excluding hydrogens is 210 g/mol. The van der Waals surface area contributed by atoms with Gasteiger partial charge in [-0.3, -0.25) is 4.55 Å². The first-order valence-electron chi connectivity index (χ1n) is 2.12. The van der Waals surface area contributed by atoms with E-state index in [0.717, 1.165) is 0 Å². The van der Waals surface area contributed by atoms with E-state index >= 15 is 0 Å². The van der Waals surface area contributed by atoms with Crippen LogP contribution in [0.3, 0.4) is 0 Å². The molecule has 0 aromatic heterocycles. The van der Waals surface area contributed by atoms with Crippen molar-refractivity contribution in [3.8, 4) is 0 Å². The summed E-state index contributed by atoms with van der Waals surface area (Å²) in [6.07, 6.45) is 0. The van der Waals surface area contributed by atoms with Gasteiger partial charge in [0.05, 0.1) is 0 Å². The fourth-order valence-electron chi connectivity index (χ4n) is 0.110. The van der Waals surface area contributed by atoms with Crippen LogP contribution in [0.1, 0.15) is 9.78 Å². The molecule has 0 fully saturated rings. The van der Waals surface area contributed by atoms with Gasteiger partial charge in [0.15, 0.2) is 0 Å². The van der Waals surface area contributed by atoms with Crippen LogP contribution in [-0.2, 0) is 14.9 Å². The van der Waals surface area contributed by atoms with E-state index in [1.807, 2.05) is 0 Å². The summed E-state index contributed by atoms with van der Waals surface area (Å²) in [4.78, 5) is 6.76. The minimum Gasteiger partial charge on any atom is -1.00 e. The van der Waals surface area contributed by atoms with Gasteiger partial charge in [-0.1, -0.05) is 0 Å². The SMILES string of the molecule is CC(O)(C(=O)O)S(=O)(=O)O.[H-].[H-].[Na+].[Na+]. The van der Waals surface area contributed by atoms with Crippen LogP contribution in [0.15, 0.2) is 0 Å². The first-order valence-corrected chi connectivity index (χ1v) is 3.56. The Kier molecular flexibility index (Phi) is 9.41. The maximum Gasteiger partial charge on any atom is 1.00 e. The van der Waals surface area contributed by atoms with Crippen LogP contribution in [-0.4, -0.2) is 34.1 Å². The molecule has 0 spiro atoms. The number of aliphatic hydroxyl groups is 1. The van der Waals surface area contributed by atoms with Crippen molar-refractivity contribution < 1.29 is 89.9 Å². The normalized spacial score (nSPS) is 14.9. The molecule has 0 radical (unpaired) electrons. The van der Waals surface area contributed by atoms with Crippen LogP contribution in [0.25, 0.3) is 0 Å². The van der Waals surface area contributed by atoms with Crippen LogP contribution in [0, 0.1) is 0 Å². The van der Waals surface area contributed by atoms with Crippen LogP contribution >= 0.6 is 0 Å². The van der Waals surface area contributed by atoms with Gasteiger partial charge in [0.1, 0.15) is 0 Å². The van der Waals surface area contributed by atoms with E-state index in [1.165, 1.54) is 0 Å². The van der Waals surface area contributed by atoms with Gasteiger partial charge in [0.2, 0.25) is 0 Å². The summed E-state index contributed by atoms with van der Waals surface area (Å²) >= 11 is 0. The van der Waals surface area contributed by atoms with E-state index in [2.05, 4.69) is 0 Å². The first kappa shape index (κ1) is 19.0. The molecule has 0 saturated carbocycles. The van der Waals surface area contributed by atoms with Crippen LogP contribution in [0.5, 0.6) is 0 Å². The molecule has 1 unspecified atom stereocenters. The zero-order valence-electron chi connectivity index (χ0n) is 8.97. The molecule has 0 rings (SSSR count). The van der Waals surface area contributed by atoms with E-state index in [1.54, 1.807) is 0 Å². The summed E-state index contributed by atoms with van der Waals surface area (Å²) in [7, 11) is -4.95. The Balaban J connectivity index is -0.0000000675. The summed E-state index contributed by atoms with van der Waals surface area (Å²) < 4.78 is 28.1. The Hall–Kier alpha value is 1.34. The van der Waals surface area contributed by atoms with Gasteiger partial charge in [-0.25, -0.2) is 4.79 Å². The van der Waals surface area contributed by atoms with Crippen LogP contribution in [0.2, 0.25) is 0 Å². The zero-order chi connectivity index (χ0) is 8.58. The van der Waals surface area contributed by atoms with Gasteiger partial charge in [0, 0.05) is 0 Å². The van der Waals surface area contributed by atoms with Crippen molar-refractivity contribution in [1.29, 1.82) is 0 Å². The Morgan fingerprint density at radius 2 is 1.67 bits per heavy atom. The monoisotopic (exact) mass is 218 g/mol. The Bertz CT molecular complexity index is 252. The molecule has 0 aliphatic rings. The minimum absolute atomic E-state index is 0.